The highest BCUT2D eigenvalue weighted by molar-refractivity contribution is 5.51. The average Bonchev–Trinajstić information content (AvgIpc) is 3.26. The van der Waals surface area contributed by atoms with E-state index in [4.69, 9.17) is 5.26 Å². The highest BCUT2D eigenvalue weighted by Gasteiger charge is 2.42. The van der Waals surface area contributed by atoms with E-state index in [1.165, 1.54) is 18.4 Å². The van der Waals surface area contributed by atoms with Crippen LogP contribution in [0.1, 0.15) is 24.0 Å². The number of nitriles is 1. The molecule has 0 bridgehead atoms. The molecule has 0 radical (unpaired) electrons. The Balaban J connectivity index is 1.65. The van der Waals surface area contributed by atoms with Gasteiger partial charge in [-0.15, -0.1) is 0 Å². The van der Waals surface area contributed by atoms with E-state index in [1.807, 2.05) is 0 Å². The molecule has 0 saturated heterocycles. The molecule has 3 rings (SSSR count). The summed E-state index contributed by atoms with van der Waals surface area (Å²) in [5.41, 5.74) is 2.34. The van der Waals surface area contributed by atoms with Crippen molar-refractivity contribution in [2.75, 3.05) is 11.9 Å². The van der Waals surface area contributed by atoms with Crippen molar-refractivity contribution >= 4 is 5.82 Å². The molecule has 0 amide bonds. The van der Waals surface area contributed by atoms with Gasteiger partial charge in [0, 0.05) is 12.7 Å². The molecule has 1 heterocycles. The van der Waals surface area contributed by atoms with Crippen LogP contribution in [-0.4, -0.2) is 11.5 Å². The van der Waals surface area contributed by atoms with Crippen molar-refractivity contribution in [1.29, 1.82) is 5.26 Å². The van der Waals surface area contributed by atoms with Crippen LogP contribution in [0.15, 0.2) is 48.7 Å². The predicted octanol–water partition coefficient (Wildman–Crippen LogP) is 3.39. The van der Waals surface area contributed by atoms with Gasteiger partial charge in [0.25, 0.3) is 0 Å². The smallest absolute Gasteiger partial charge is 0.143 e. The summed E-state index contributed by atoms with van der Waals surface area (Å²) < 4.78 is 0. The van der Waals surface area contributed by atoms with Crippen LogP contribution in [0, 0.1) is 16.7 Å². The highest BCUT2D eigenvalue weighted by atomic mass is 15.0. The van der Waals surface area contributed by atoms with Gasteiger partial charge in [-0.3, -0.25) is 0 Å². The summed E-state index contributed by atoms with van der Waals surface area (Å²) in [4.78, 5) is 4.25. The molecule has 0 aliphatic heterocycles. The molecule has 0 atom stereocenters. The Morgan fingerprint density at radius 2 is 1.95 bits per heavy atom. The second kappa shape index (κ2) is 5.34. The maximum atomic E-state index is 9.07. The van der Waals surface area contributed by atoms with Crippen molar-refractivity contribution in [3.8, 4) is 6.07 Å². The topological polar surface area (TPSA) is 48.7 Å². The summed E-state index contributed by atoms with van der Waals surface area (Å²) in [5.74, 6) is 0.703. The van der Waals surface area contributed by atoms with Gasteiger partial charge in [-0.05, 0) is 42.4 Å². The number of nitrogens with zero attached hydrogens (tertiary/aromatic N) is 2. The van der Waals surface area contributed by atoms with E-state index in [2.05, 4.69) is 46.7 Å². The lowest BCUT2D eigenvalue weighted by atomic mass is 9.96. The van der Waals surface area contributed by atoms with E-state index in [1.54, 1.807) is 18.3 Å². The fourth-order valence-corrected chi connectivity index (χ4v) is 2.53. The molecular weight excluding hydrogens is 246 g/mol. The summed E-state index contributed by atoms with van der Waals surface area (Å²) in [6.45, 7) is 0.883. The van der Waals surface area contributed by atoms with Crippen LogP contribution in [0.25, 0.3) is 0 Å². The van der Waals surface area contributed by atoms with E-state index >= 15 is 0 Å². The molecule has 3 nitrogen and oxygen atoms in total. The van der Waals surface area contributed by atoms with Crippen molar-refractivity contribution in [3.05, 3.63) is 59.8 Å². The van der Waals surface area contributed by atoms with Gasteiger partial charge in [0.1, 0.15) is 11.9 Å². The molecule has 100 valence electrons. The number of nitrogens with one attached hydrogen (secondary N) is 1. The molecular formula is C17H17N3. The van der Waals surface area contributed by atoms with Gasteiger partial charge in [-0.1, -0.05) is 30.3 Å². The Morgan fingerprint density at radius 3 is 2.65 bits per heavy atom. The van der Waals surface area contributed by atoms with Crippen LogP contribution in [0.4, 0.5) is 5.82 Å². The summed E-state index contributed by atoms with van der Waals surface area (Å²) in [7, 11) is 0. The first-order valence-corrected chi connectivity index (χ1v) is 6.94. The fraction of sp³-hybridized carbons (Fsp3) is 0.294. The van der Waals surface area contributed by atoms with Gasteiger partial charge >= 0.3 is 0 Å². The molecule has 1 saturated carbocycles. The number of hydrogen-bond donors (Lipinski definition) is 1. The van der Waals surface area contributed by atoms with Crippen molar-refractivity contribution in [2.24, 2.45) is 5.41 Å². The molecule has 1 aliphatic rings. The van der Waals surface area contributed by atoms with Gasteiger partial charge in [-0.25, -0.2) is 4.98 Å². The maximum absolute atomic E-state index is 9.07. The molecule has 0 spiro atoms. The highest BCUT2D eigenvalue weighted by Crippen LogP contribution is 2.48. The normalized spacial score (nSPS) is 15.3. The predicted molar refractivity (Wildman–Crippen MR) is 79.3 cm³/mol. The Bertz CT molecular complexity index is 624. The summed E-state index contributed by atoms with van der Waals surface area (Å²) >= 11 is 0. The lowest BCUT2D eigenvalue weighted by Crippen LogP contribution is -2.19. The zero-order valence-corrected chi connectivity index (χ0v) is 11.3. The Kier molecular flexibility index (Phi) is 3.39. The number of benzene rings is 1. The van der Waals surface area contributed by atoms with Crippen LogP contribution < -0.4 is 5.32 Å². The number of hydrogen-bond acceptors (Lipinski definition) is 3. The second-order valence-corrected chi connectivity index (χ2v) is 5.53. The molecule has 1 fully saturated rings. The minimum atomic E-state index is 0.339. The molecule has 20 heavy (non-hydrogen) atoms. The lowest BCUT2D eigenvalue weighted by Gasteiger charge is -2.17. The SMILES string of the molecule is N#Cc1cccnc1NCC1(Cc2ccccc2)CC1. The largest absolute Gasteiger partial charge is 0.368 e. The molecule has 2 aromatic rings. The van der Waals surface area contributed by atoms with Crippen LogP contribution in [0.3, 0.4) is 0 Å². The van der Waals surface area contributed by atoms with Crippen molar-refractivity contribution in [3.63, 3.8) is 0 Å². The Morgan fingerprint density at radius 1 is 1.15 bits per heavy atom. The third-order valence-electron chi connectivity index (χ3n) is 3.94. The monoisotopic (exact) mass is 263 g/mol. The fourth-order valence-electron chi connectivity index (χ4n) is 2.53. The number of rotatable bonds is 5. The molecule has 1 aliphatic carbocycles. The van der Waals surface area contributed by atoms with Gasteiger partial charge in [0.2, 0.25) is 0 Å². The third kappa shape index (κ3) is 2.80. The van der Waals surface area contributed by atoms with E-state index in [0.29, 0.717) is 16.8 Å². The van der Waals surface area contributed by atoms with Gasteiger partial charge < -0.3 is 5.32 Å². The van der Waals surface area contributed by atoms with Gasteiger partial charge in [0.05, 0.1) is 5.56 Å². The molecule has 1 aromatic carbocycles. The first kappa shape index (κ1) is 12.7. The minimum Gasteiger partial charge on any atom is -0.368 e. The first-order valence-electron chi connectivity index (χ1n) is 6.94. The average molecular weight is 263 g/mol. The van der Waals surface area contributed by atoms with Crippen molar-refractivity contribution in [2.45, 2.75) is 19.3 Å². The van der Waals surface area contributed by atoms with Crippen molar-refractivity contribution in [1.82, 2.24) is 4.98 Å². The Labute approximate surface area is 119 Å². The summed E-state index contributed by atoms with van der Waals surface area (Å²) in [6.07, 6.45) is 5.29. The van der Waals surface area contributed by atoms with E-state index in [0.717, 1.165) is 13.0 Å². The van der Waals surface area contributed by atoms with Crippen LogP contribution in [-0.2, 0) is 6.42 Å². The first-order chi connectivity index (χ1) is 9.81. The maximum Gasteiger partial charge on any atom is 0.143 e. The molecule has 1 aromatic heterocycles. The second-order valence-electron chi connectivity index (χ2n) is 5.53. The number of anilines is 1. The van der Waals surface area contributed by atoms with Gasteiger partial charge in [-0.2, -0.15) is 5.26 Å². The Hall–Kier alpha value is -2.34. The number of aromatic nitrogens is 1. The van der Waals surface area contributed by atoms with Gasteiger partial charge in [0.15, 0.2) is 0 Å². The van der Waals surface area contributed by atoms with Crippen LogP contribution in [0.2, 0.25) is 0 Å². The van der Waals surface area contributed by atoms with Crippen molar-refractivity contribution < 1.29 is 0 Å². The van der Waals surface area contributed by atoms with E-state index in [-0.39, 0.29) is 0 Å². The van der Waals surface area contributed by atoms with E-state index < -0.39 is 0 Å². The number of pyridine rings is 1. The standard InChI is InChI=1S/C17H17N3/c18-12-15-7-4-10-19-16(15)20-13-17(8-9-17)11-14-5-2-1-3-6-14/h1-7,10H,8-9,11,13H2,(H,19,20). The van der Waals surface area contributed by atoms with Crippen LogP contribution in [0.5, 0.6) is 0 Å². The molecule has 0 unspecified atom stereocenters. The third-order valence-corrected chi connectivity index (χ3v) is 3.94. The zero-order valence-electron chi connectivity index (χ0n) is 11.3. The summed E-state index contributed by atoms with van der Waals surface area (Å²) in [5, 5.41) is 12.4. The summed E-state index contributed by atoms with van der Waals surface area (Å²) in [6, 6.07) is 16.4. The zero-order chi connectivity index (χ0) is 13.8. The lowest BCUT2D eigenvalue weighted by molar-refractivity contribution is 0.537. The molecule has 3 heteroatoms. The molecule has 1 N–H and O–H groups in total. The quantitative estimate of drug-likeness (QED) is 0.899. The van der Waals surface area contributed by atoms with Crippen LogP contribution >= 0.6 is 0 Å². The minimum absolute atomic E-state index is 0.339. The van der Waals surface area contributed by atoms with E-state index in [9.17, 15) is 0 Å².